The van der Waals surface area contributed by atoms with Gasteiger partial charge in [0.15, 0.2) is 6.29 Å². The van der Waals surface area contributed by atoms with Gasteiger partial charge in [0.2, 0.25) is 0 Å². The van der Waals surface area contributed by atoms with Gasteiger partial charge in [0, 0.05) is 24.8 Å². The van der Waals surface area contributed by atoms with E-state index in [2.05, 4.69) is 6.07 Å². The Balaban J connectivity index is 2.23. The predicted molar refractivity (Wildman–Crippen MR) is 75.1 cm³/mol. The fourth-order valence-electron chi connectivity index (χ4n) is 2.03. The summed E-state index contributed by atoms with van der Waals surface area (Å²) in [6.45, 7) is 0.653. The number of carbonyl (C=O) groups is 1. The van der Waals surface area contributed by atoms with Crippen molar-refractivity contribution in [1.82, 2.24) is 0 Å². The van der Waals surface area contributed by atoms with Gasteiger partial charge in [0.25, 0.3) is 0 Å². The summed E-state index contributed by atoms with van der Waals surface area (Å²) in [5.74, 6) is 0. The van der Waals surface area contributed by atoms with Gasteiger partial charge < -0.3 is 4.90 Å². The second kappa shape index (κ2) is 5.83. The highest BCUT2D eigenvalue weighted by Gasteiger charge is 2.07. The Morgan fingerprint density at radius 2 is 2.00 bits per heavy atom. The molecule has 19 heavy (non-hydrogen) atoms. The third-order valence-electron chi connectivity index (χ3n) is 2.95. The van der Waals surface area contributed by atoms with Gasteiger partial charge in [-0.1, -0.05) is 24.3 Å². The van der Waals surface area contributed by atoms with E-state index >= 15 is 0 Å². The minimum absolute atomic E-state index is 0.648. The smallest absolute Gasteiger partial charge is 0.152 e. The van der Waals surface area contributed by atoms with Crippen LogP contribution in [0.15, 0.2) is 48.5 Å². The highest BCUT2D eigenvalue weighted by Crippen LogP contribution is 2.19. The maximum atomic E-state index is 11.0. The molecule has 0 unspecified atom stereocenters. The molecule has 3 nitrogen and oxygen atoms in total. The van der Waals surface area contributed by atoms with Gasteiger partial charge in [-0.25, -0.2) is 0 Å². The van der Waals surface area contributed by atoms with E-state index in [0.717, 1.165) is 17.5 Å². The molecule has 0 bridgehead atoms. The molecule has 0 saturated heterocycles. The number of nitrogens with zero attached hydrogens (tertiary/aromatic N) is 2. The second-order valence-corrected chi connectivity index (χ2v) is 4.34. The number of para-hydroxylation sites is 1. The zero-order valence-electron chi connectivity index (χ0n) is 10.7. The largest absolute Gasteiger partial charge is 0.370 e. The Labute approximate surface area is 112 Å². The van der Waals surface area contributed by atoms with E-state index in [1.54, 1.807) is 12.1 Å². The molecule has 0 heterocycles. The SMILES string of the molecule is CN(Cc1cccc(C#N)c1)c1ccccc1C=O. The van der Waals surface area contributed by atoms with Crippen LogP contribution in [0.3, 0.4) is 0 Å². The number of benzene rings is 2. The van der Waals surface area contributed by atoms with Crippen molar-refractivity contribution in [2.45, 2.75) is 6.54 Å². The van der Waals surface area contributed by atoms with E-state index in [4.69, 9.17) is 5.26 Å². The summed E-state index contributed by atoms with van der Waals surface area (Å²) in [5, 5.41) is 8.89. The van der Waals surface area contributed by atoms with E-state index < -0.39 is 0 Å². The van der Waals surface area contributed by atoms with E-state index in [1.807, 2.05) is 48.3 Å². The number of rotatable bonds is 4. The van der Waals surface area contributed by atoms with Gasteiger partial charge in [0.1, 0.15) is 0 Å². The Kier molecular flexibility index (Phi) is 3.94. The number of carbonyl (C=O) groups excluding carboxylic acids is 1. The van der Waals surface area contributed by atoms with Crippen molar-refractivity contribution >= 4 is 12.0 Å². The topological polar surface area (TPSA) is 44.1 Å². The lowest BCUT2D eigenvalue weighted by molar-refractivity contribution is 0.112. The molecule has 94 valence electrons. The fourth-order valence-corrected chi connectivity index (χ4v) is 2.03. The number of aldehydes is 1. The van der Waals surface area contributed by atoms with Crippen LogP contribution in [0.25, 0.3) is 0 Å². The average Bonchev–Trinajstić information content (AvgIpc) is 2.47. The number of nitriles is 1. The summed E-state index contributed by atoms with van der Waals surface area (Å²) in [7, 11) is 1.93. The molecule has 0 fully saturated rings. The molecule has 3 heteroatoms. The molecule has 0 aromatic heterocycles. The predicted octanol–water partition coefficient (Wildman–Crippen LogP) is 3.01. The van der Waals surface area contributed by atoms with Gasteiger partial charge in [-0.05, 0) is 29.8 Å². The highest BCUT2D eigenvalue weighted by atomic mass is 16.1. The van der Waals surface area contributed by atoms with E-state index in [9.17, 15) is 4.79 Å². The molecule has 0 spiro atoms. The molecule has 0 amide bonds. The normalized spacial score (nSPS) is 9.68. The Hall–Kier alpha value is -2.60. The zero-order chi connectivity index (χ0) is 13.7. The lowest BCUT2D eigenvalue weighted by Crippen LogP contribution is -2.17. The summed E-state index contributed by atoms with van der Waals surface area (Å²) in [6.07, 6.45) is 0.859. The molecular formula is C16H14N2O. The maximum absolute atomic E-state index is 11.0. The minimum Gasteiger partial charge on any atom is -0.370 e. The second-order valence-electron chi connectivity index (χ2n) is 4.34. The van der Waals surface area contributed by atoms with Crippen LogP contribution in [0.1, 0.15) is 21.5 Å². The van der Waals surface area contributed by atoms with Crippen LogP contribution in [-0.2, 0) is 6.54 Å². The summed E-state index contributed by atoms with van der Waals surface area (Å²) < 4.78 is 0. The number of hydrogen-bond acceptors (Lipinski definition) is 3. The van der Waals surface area contributed by atoms with Crippen LogP contribution in [0.2, 0.25) is 0 Å². The van der Waals surface area contributed by atoms with Gasteiger partial charge in [-0.2, -0.15) is 5.26 Å². The average molecular weight is 250 g/mol. The monoisotopic (exact) mass is 250 g/mol. The Bertz CT molecular complexity index is 629. The highest BCUT2D eigenvalue weighted by molar-refractivity contribution is 5.84. The summed E-state index contributed by atoms with van der Waals surface area (Å²) in [4.78, 5) is 13.0. The van der Waals surface area contributed by atoms with Crippen molar-refractivity contribution in [2.75, 3.05) is 11.9 Å². The molecule has 0 aliphatic heterocycles. The first-order valence-electron chi connectivity index (χ1n) is 5.99. The molecule has 2 aromatic carbocycles. The van der Waals surface area contributed by atoms with Crippen LogP contribution >= 0.6 is 0 Å². The van der Waals surface area contributed by atoms with Crippen molar-refractivity contribution in [3.05, 3.63) is 65.2 Å². The van der Waals surface area contributed by atoms with Crippen LogP contribution in [-0.4, -0.2) is 13.3 Å². The van der Waals surface area contributed by atoms with Gasteiger partial charge in [-0.3, -0.25) is 4.79 Å². The molecule has 2 aromatic rings. The van der Waals surface area contributed by atoms with Crippen molar-refractivity contribution in [3.63, 3.8) is 0 Å². The van der Waals surface area contributed by atoms with Gasteiger partial charge in [0.05, 0.1) is 11.6 Å². The van der Waals surface area contributed by atoms with E-state index in [-0.39, 0.29) is 0 Å². The Morgan fingerprint density at radius 1 is 1.21 bits per heavy atom. The number of anilines is 1. The third-order valence-corrected chi connectivity index (χ3v) is 2.95. The third kappa shape index (κ3) is 2.99. The standard InChI is InChI=1S/C16H14N2O/c1-18(16-8-3-2-7-15(16)12-19)11-14-6-4-5-13(9-14)10-17/h2-9,12H,11H2,1H3. The molecule has 0 N–H and O–H groups in total. The molecule has 0 radical (unpaired) electrons. The van der Waals surface area contributed by atoms with Gasteiger partial charge in [-0.15, -0.1) is 0 Å². The maximum Gasteiger partial charge on any atom is 0.152 e. The molecule has 0 atom stereocenters. The first-order valence-corrected chi connectivity index (χ1v) is 5.99. The zero-order valence-corrected chi connectivity index (χ0v) is 10.7. The quantitative estimate of drug-likeness (QED) is 0.783. The van der Waals surface area contributed by atoms with Crippen molar-refractivity contribution < 1.29 is 4.79 Å². The van der Waals surface area contributed by atoms with Crippen molar-refractivity contribution in [1.29, 1.82) is 5.26 Å². The first kappa shape index (κ1) is 12.8. The van der Waals surface area contributed by atoms with Crippen LogP contribution in [0.5, 0.6) is 0 Å². The fraction of sp³-hybridized carbons (Fsp3) is 0.125. The van der Waals surface area contributed by atoms with Crippen LogP contribution in [0.4, 0.5) is 5.69 Å². The van der Waals surface area contributed by atoms with Crippen molar-refractivity contribution in [3.8, 4) is 6.07 Å². The molecular weight excluding hydrogens is 236 g/mol. The summed E-state index contributed by atoms with van der Waals surface area (Å²) in [6, 6.07) is 17.1. The van der Waals surface area contributed by atoms with E-state index in [1.165, 1.54) is 0 Å². The Morgan fingerprint density at radius 3 is 2.74 bits per heavy atom. The summed E-state index contributed by atoms with van der Waals surface area (Å²) in [5.41, 5.74) is 3.25. The lowest BCUT2D eigenvalue weighted by Gasteiger charge is -2.21. The van der Waals surface area contributed by atoms with Crippen LogP contribution < -0.4 is 4.90 Å². The molecule has 0 aliphatic carbocycles. The first-order chi connectivity index (χ1) is 9.24. The number of hydrogen-bond donors (Lipinski definition) is 0. The molecule has 2 rings (SSSR count). The van der Waals surface area contributed by atoms with Gasteiger partial charge >= 0.3 is 0 Å². The molecule has 0 aliphatic rings. The lowest BCUT2D eigenvalue weighted by atomic mass is 10.1. The van der Waals surface area contributed by atoms with Crippen molar-refractivity contribution in [2.24, 2.45) is 0 Å². The minimum atomic E-state index is 0.648. The molecule has 0 saturated carbocycles. The van der Waals surface area contributed by atoms with Crippen LogP contribution in [0, 0.1) is 11.3 Å². The van der Waals surface area contributed by atoms with E-state index in [0.29, 0.717) is 17.7 Å². The summed E-state index contributed by atoms with van der Waals surface area (Å²) >= 11 is 0.